The van der Waals surface area contributed by atoms with Crippen LogP contribution < -0.4 is 0 Å². The molecule has 0 atom stereocenters. The molecule has 0 aromatic heterocycles. The quantitative estimate of drug-likeness (QED) is 0.517. The summed E-state index contributed by atoms with van der Waals surface area (Å²) in [6.07, 6.45) is 0.140. The highest BCUT2D eigenvalue weighted by molar-refractivity contribution is 6.17. The van der Waals surface area contributed by atoms with Gasteiger partial charge in [-0.25, -0.2) is 8.78 Å². The number of rotatable bonds is 2. The maximum Gasteiger partial charge on any atom is 0.155 e. The molecule has 64 valence electrons. The number of alkyl halides is 1. The molecular formula is C8H5ClF2O. The Balaban J connectivity index is 3.33. The van der Waals surface area contributed by atoms with E-state index in [0.717, 1.165) is 6.07 Å². The minimum atomic E-state index is -0.875. The predicted octanol–water partition coefficient (Wildman–Crippen LogP) is 2.52. The fourth-order valence-corrected chi connectivity index (χ4v) is 1.03. The largest absolute Gasteiger partial charge is 0.298 e. The number of carbonyl (C=O) groups is 1. The fourth-order valence-electron chi connectivity index (χ4n) is 0.826. The molecule has 0 saturated heterocycles. The molecule has 0 radical (unpaired) electrons. The van der Waals surface area contributed by atoms with Crippen molar-refractivity contribution < 1.29 is 13.6 Å². The molecule has 0 aliphatic carbocycles. The molecule has 0 spiro atoms. The van der Waals surface area contributed by atoms with Gasteiger partial charge in [0.1, 0.15) is 11.6 Å². The third kappa shape index (κ3) is 1.46. The van der Waals surface area contributed by atoms with Gasteiger partial charge in [-0.1, -0.05) is 6.07 Å². The monoisotopic (exact) mass is 190 g/mol. The van der Waals surface area contributed by atoms with Crippen molar-refractivity contribution in [1.82, 2.24) is 0 Å². The summed E-state index contributed by atoms with van der Waals surface area (Å²) in [4.78, 5) is 10.2. The lowest BCUT2D eigenvalue weighted by molar-refractivity contribution is 0.111. The van der Waals surface area contributed by atoms with Crippen molar-refractivity contribution in [2.75, 3.05) is 0 Å². The van der Waals surface area contributed by atoms with E-state index in [2.05, 4.69) is 0 Å². The van der Waals surface area contributed by atoms with Crippen molar-refractivity contribution >= 4 is 17.9 Å². The zero-order valence-corrected chi connectivity index (χ0v) is 6.74. The van der Waals surface area contributed by atoms with Crippen LogP contribution in [0.4, 0.5) is 8.78 Å². The highest BCUT2D eigenvalue weighted by Crippen LogP contribution is 2.16. The third-order valence-corrected chi connectivity index (χ3v) is 1.76. The summed E-state index contributed by atoms with van der Waals surface area (Å²) in [6, 6.07) is 2.23. The van der Waals surface area contributed by atoms with Crippen LogP contribution in [-0.4, -0.2) is 6.29 Å². The first-order chi connectivity index (χ1) is 5.70. The molecule has 1 aromatic rings. The highest BCUT2D eigenvalue weighted by Gasteiger charge is 2.11. The molecular weight excluding hydrogens is 186 g/mol. The molecule has 0 aliphatic rings. The number of hydrogen-bond donors (Lipinski definition) is 0. The Bertz CT molecular complexity index is 312. The van der Waals surface area contributed by atoms with E-state index in [0.29, 0.717) is 0 Å². The first-order valence-corrected chi connectivity index (χ1v) is 3.72. The van der Waals surface area contributed by atoms with E-state index >= 15 is 0 Å². The minimum Gasteiger partial charge on any atom is -0.298 e. The van der Waals surface area contributed by atoms with Gasteiger partial charge in [-0.15, -0.1) is 11.6 Å². The van der Waals surface area contributed by atoms with Crippen LogP contribution in [0.25, 0.3) is 0 Å². The SMILES string of the molecule is O=Cc1c(F)ccc(CCl)c1F. The number of halogens is 3. The van der Waals surface area contributed by atoms with Gasteiger partial charge >= 0.3 is 0 Å². The molecule has 0 fully saturated rings. The Morgan fingerprint density at radius 2 is 2.08 bits per heavy atom. The number of benzene rings is 1. The zero-order chi connectivity index (χ0) is 9.14. The Labute approximate surface area is 73.0 Å². The van der Waals surface area contributed by atoms with Gasteiger partial charge < -0.3 is 0 Å². The summed E-state index contributed by atoms with van der Waals surface area (Å²) in [7, 11) is 0. The zero-order valence-electron chi connectivity index (χ0n) is 5.98. The van der Waals surface area contributed by atoms with E-state index in [1.807, 2.05) is 0 Å². The van der Waals surface area contributed by atoms with Crippen LogP contribution in [0.2, 0.25) is 0 Å². The molecule has 12 heavy (non-hydrogen) atoms. The van der Waals surface area contributed by atoms with Crippen LogP contribution in [-0.2, 0) is 5.88 Å². The topological polar surface area (TPSA) is 17.1 Å². The maximum absolute atomic E-state index is 13.0. The third-order valence-electron chi connectivity index (χ3n) is 1.47. The first kappa shape index (κ1) is 9.13. The van der Waals surface area contributed by atoms with E-state index in [4.69, 9.17) is 11.6 Å². The highest BCUT2D eigenvalue weighted by atomic mass is 35.5. The van der Waals surface area contributed by atoms with Gasteiger partial charge in [-0.2, -0.15) is 0 Å². The Hall–Kier alpha value is -0.960. The van der Waals surface area contributed by atoms with Crippen LogP contribution in [0.1, 0.15) is 15.9 Å². The Kier molecular flexibility index (Phi) is 2.76. The molecule has 1 rings (SSSR count). The van der Waals surface area contributed by atoms with Gasteiger partial charge in [-0.3, -0.25) is 4.79 Å². The van der Waals surface area contributed by atoms with E-state index in [1.54, 1.807) is 0 Å². The van der Waals surface area contributed by atoms with Gasteiger partial charge in [0.25, 0.3) is 0 Å². The lowest BCUT2D eigenvalue weighted by atomic mass is 10.1. The number of carbonyl (C=O) groups excluding carboxylic acids is 1. The second-order valence-corrected chi connectivity index (χ2v) is 2.45. The number of hydrogen-bond acceptors (Lipinski definition) is 1. The van der Waals surface area contributed by atoms with Crippen LogP contribution in [0.3, 0.4) is 0 Å². The smallest absolute Gasteiger partial charge is 0.155 e. The first-order valence-electron chi connectivity index (χ1n) is 3.18. The second kappa shape index (κ2) is 3.63. The van der Waals surface area contributed by atoms with Gasteiger partial charge in [0, 0.05) is 5.56 Å². The summed E-state index contributed by atoms with van der Waals surface area (Å²) in [5, 5.41) is 0. The lowest BCUT2D eigenvalue weighted by Crippen LogP contribution is -1.97. The summed E-state index contributed by atoms with van der Waals surface area (Å²) >= 11 is 5.34. The summed E-state index contributed by atoms with van der Waals surface area (Å²) < 4.78 is 25.6. The van der Waals surface area contributed by atoms with Gasteiger partial charge in [0.05, 0.1) is 11.4 Å². The normalized spacial score (nSPS) is 9.92. The molecule has 0 amide bonds. The standard InChI is InChI=1S/C8H5ClF2O/c9-3-5-1-2-7(10)6(4-12)8(5)11/h1-2,4H,3H2. The minimum absolute atomic E-state index is 0.0764. The van der Waals surface area contributed by atoms with Crippen LogP contribution in [0, 0.1) is 11.6 Å². The van der Waals surface area contributed by atoms with E-state index < -0.39 is 17.2 Å². The average molecular weight is 191 g/mol. The predicted molar refractivity (Wildman–Crippen MR) is 41.3 cm³/mol. The molecule has 4 heteroatoms. The lowest BCUT2D eigenvalue weighted by Gasteiger charge is -2.01. The van der Waals surface area contributed by atoms with Crippen molar-refractivity contribution in [3.8, 4) is 0 Å². The molecule has 0 unspecified atom stereocenters. The van der Waals surface area contributed by atoms with Crippen molar-refractivity contribution in [2.24, 2.45) is 0 Å². The molecule has 0 heterocycles. The van der Waals surface area contributed by atoms with E-state index in [1.165, 1.54) is 6.07 Å². The molecule has 0 N–H and O–H groups in total. The maximum atomic E-state index is 13.0. The Morgan fingerprint density at radius 1 is 1.42 bits per heavy atom. The van der Waals surface area contributed by atoms with Crippen LogP contribution in [0.15, 0.2) is 12.1 Å². The van der Waals surface area contributed by atoms with Gasteiger partial charge in [0.2, 0.25) is 0 Å². The fraction of sp³-hybridized carbons (Fsp3) is 0.125. The van der Waals surface area contributed by atoms with Crippen LogP contribution >= 0.6 is 11.6 Å². The summed E-state index contributed by atoms with van der Waals surface area (Å²) in [6.45, 7) is 0. The molecule has 0 bridgehead atoms. The van der Waals surface area contributed by atoms with Gasteiger partial charge in [-0.05, 0) is 6.07 Å². The van der Waals surface area contributed by atoms with E-state index in [-0.39, 0.29) is 17.7 Å². The van der Waals surface area contributed by atoms with Gasteiger partial charge in [0.15, 0.2) is 6.29 Å². The van der Waals surface area contributed by atoms with Crippen LogP contribution in [0.5, 0.6) is 0 Å². The van der Waals surface area contributed by atoms with Crippen molar-refractivity contribution in [2.45, 2.75) is 5.88 Å². The molecule has 1 nitrogen and oxygen atoms in total. The molecule has 0 aliphatic heterocycles. The number of aldehydes is 1. The summed E-state index contributed by atoms with van der Waals surface area (Å²) in [5.41, 5.74) is -0.437. The van der Waals surface area contributed by atoms with Crippen molar-refractivity contribution in [3.63, 3.8) is 0 Å². The van der Waals surface area contributed by atoms with E-state index in [9.17, 15) is 13.6 Å². The molecule has 1 aromatic carbocycles. The Morgan fingerprint density at radius 3 is 2.58 bits per heavy atom. The molecule has 0 saturated carbocycles. The second-order valence-electron chi connectivity index (χ2n) is 2.19. The summed E-state index contributed by atoms with van der Waals surface area (Å²) in [5.74, 6) is -1.82. The average Bonchev–Trinajstić information content (AvgIpc) is 2.06. The van der Waals surface area contributed by atoms with Crippen molar-refractivity contribution in [3.05, 3.63) is 34.9 Å². The van der Waals surface area contributed by atoms with Crippen molar-refractivity contribution in [1.29, 1.82) is 0 Å².